The number of nitrogens with one attached hydrogen (secondary N) is 3. The third kappa shape index (κ3) is 6.52. The molecule has 200 valence electrons. The van der Waals surface area contributed by atoms with Gasteiger partial charge in [-0.1, -0.05) is 36.2 Å². The lowest BCUT2D eigenvalue weighted by atomic mass is 9.81. The fourth-order valence-corrected chi connectivity index (χ4v) is 4.67. The fraction of sp³-hybridized carbons (Fsp3) is 0.357. The van der Waals surface area contributed by atoms with Crippen molar-refractivity contribution in [2.24, 2.45) is 5.92 Å². The predicted octanol–water partition coefficient (Wildman–Crippen LogP) is 5.27. The minimum absolute atomic E-state index is 0.0774. The summed E-state index contributed by atoms with van der Waals surface area (Å²) >= 11 is 6.19. The molecule has 0 aliphatic heterocycles. The number of hydrogen-bond donors (Lipinski definition) is 3. The average molecular weight is 538 g/mol. The Bertz CT molecular complexity index is 1310. The van der Waals surface area contributed by atoms with Gasteiger partial charge in [-0.3, -0.25) is 9.59 Å². The monoisotopic (exact) mass is 537 g/mol. The van der Waals surface area contributed by atoms with Crippen molar-refractivity contribution < 1.29 is 18.7 Å². The summed E-state index contributed by atoms with van der Waals surface area (Å²) in [5.41, 5.74) is 2.02. The summed E-state index contributed by atoms with van der Waals surface area (Å²) in [6, 6.07) is 14.4. The molecule has 1 fully saturated rings. The van der Waals surface area contributed by atoms with E-state index in [0.29, 0.717) is 58.9 Å². The van der Waals surface area contributed by atoms with E-state index in [9.17, 15) is 9.59 Å². The van der Waals surface area contributed by atoms with Crippen LogP contribution in [0.2, 0.25) is 5.02 Å². The molecule has 0 saturated heterocycles. The van der Waals surface area contributed by atoms with E-state index in [1.165, 1.54) is 0 Å². The van der Waals surface area contributed by atoms with E-state index in [0.717, 1.165) is 12.8 Å². The summed E-state index contributed by atoms with van der Waals surface area (Å²) in [6.45, 7) is 4.13. The number of amides is 2. The number of allylic oxidation sites excluding steroid dienone is 1. The molecule has 1 aromatic heterocycles. The molecule has 1 aliphatic rings. The van der Waals surface area contributed by atoms with Gasteiger partial charge in [-0.15, -0.1) is 10.2 Å². The standard InChI is InChI=1S/C28H32ClN5O4/c1-4-37-23-14-13-20(29)16-22(23)28-34-33-27(38-28)19-10-8-9-18(15-19)25(35)32-24(17(2)30-3)26(36)31-21-11-6-5-7-12-21/h5-7,11-14,16,18-19,30H,4,8-10,15H2,1-3H3,(H,31,36)(H,32,35)/b24-17+. The van der Waals surface area contributed by atoms with Crippen LogP contribution in [-0.2, 0) is 9.59 Å². The molecule has 0 bridgehead atoms. The van der Waals surface area contributed by atoms with Crippen molar-refractivity contribution in [1.29, 1.82) is 0 Å². The SMILES string of the molecule is CCOc1ccc(Cl)cc1-c1nnc(C2CCCC(C(=O)N/C(C(=O)Nc3ccccc3)=C(\C)NC)C2)o1. The van der Waals surface area contributed by atoms with Crippen LogP contribution in [0.5, 0.6) is 5.75 Å². The predicted molar refractivity (Wildman–Crippen MR) is 146 cm³/mol. The summed E-state index contributed by atoms with van der Waals surface area (Å²) in [6.07, 6.45) is 2.89. The van der Waals surface area contributed by atoms with Gasteiger partial charge in [0.2, 0.25) is 11.8 Å². The van der Waals surface area contributed by atoms with E-state index in [1.807, 2.05) is 25.1 Å². The topological polar surface area (TPSA) is 118 Å². The first-order valence-electron chi connectivity index (χ1n) is 12.7. The second-order valence-corrected chi connectivity index (χ2v) is 9.58. The first-order valence-corrected chi connectivity index (χ1v) is 13.1. The van der Waals surface area contributed by atoms with Crippen LogP contribution in [0.4, 0.5) is 5.69 Å². The molecule has 0 radical (unpaired) electrons. The summed E-state index contributed by atoms with van der Waals surface area (Å²) in [5.74, 6) is 0.424. The zero-order valence-electron chi connectivity index (χ0n) is 21.7. The van der Waals surface area contributed by atoms with Crippen LogP contribution < -0.4 is 20.7 Å². The number of rotatable bonds is 9. The molecule has 2 aromatic carbocycles. The van der Waals surface area contributed by atoms with E-state index in [2.05, 4.69) is 26.1 Å². The summed E-state index contributed by atoms with van der Waals surface area (Å²) in [4.78, 5) is 26.3. The van der Waals surface area contributed by atoms with Crippen molar-refractivity contribution >= 4 is 29.1 Å². The molecule has 0 spiro atoms. The molecule has 10 heteroatoms. The van der Waals surface area contributed by atoms with Crippen LogP contribution in [0.1, 0.15) is 51.3 Å². The zero-order chi connectivity index (χ0) is 27.1. The number of carbonyl (C=O) groups excluding carboxylic acids is 2. The maximum absolute atomic E-state index is 13.3. The number of anilines is 1. The Labute approximate surface area is 227 Å². The highest BCUT2D eigenvalue weighted by atomic mass is 35.5. The Morgan fingerprint density at radius 2 is 1.92 bits per heavy atom. The van der Waals surface area contributed by atoms with Gasteiger partial charge < -0.3 is 25.1 Å². The highest BCUT2D eigenvalue weighted by molar-refractivity contribution is 6.30. The van der Waals surface area contributed by atoms with Crippen LogP contribution >= 0.6 is 11.6 Å². The normalized spacial score (nSPS) is 17.8. The first-order chi connectivity index (χ1) is 18.4. The van der Waals surface area contributed by atoms with Gasteiger partial charge in [0.25, 0.3) is 11.8 Å². The molecule has 1 heterocycles. The van der Waals surface area contributed by atoms with E-state index >= 15 is 0 Å². The van der Waals surface area contributed by atoms with Gasteiger partial charge >= 0.3 is 0 Å². The maximum atomic E-state index is 13.3. The molecular formula is C28H32ClN5O4. The highest BCUT2D eigenvalue weighted by Crippen LogP contribution is 2.38. The third-order valence-corrected chi connectivity index (χ3v) is 6.80. The number of ether oxygens (including phenoxy) is 1. The second-order valence-electron chi connectivity index (χ2n) is 9.14. The Balaban J connectivity index is 1.46. The molecule has 2 amide bonds. The molecule has 3 N–H and O–H groups in total. The fourth-order valence-electron chi connectivity index (χ4n) is 4.50. The van der Waals surface area contributed by atoms with Crippen LogP contribution in [0.3, 0.4) is 0 Å². The van der Waals surface area contributed by atoms with E-state index in [1.54, 1.807) is 44.3 Å². The van der Waals surface area contributed by atoms with Gasteiger partial charge in [-0.2, -0.15) is 0 Å². The van der Waals surface area contributed by atoms with Crippen molar-refractivity contribution in [3.63, 3.8) is 0 Å². The van der Waals surface area contributed by atoms with Crippen molar-refractivity contribution in [2.75, 3.05) is 19.0 Å². The number of para-hydroxylation sites is 1. The lowest BCUT2D eigenvalue weighted by Gasteiger charge is -2.26. The number of benzene rings is 2. The first kappa shape index (κ1) is 27.2. The second kappa shape index (κ2) is 12.6. The molecule has 9 nitrogen and oxygen atoms in total. The minimum atomic E-state index is -0.392. The molecule has 2 unspecified atom stereocenters. The van der Waals surface area contributed by atoms with Crippen LogP contribution in [0.15, 0.2) is 64.3 Å². The number of nitrogens with zero attached hydrogens (tertiary/aromatic N) is 2. The van der Waals surface area contributed by atoms with Crippen molar-refractivity contribution in [1.82, 2.24) is 20.8 Å². The van der Waals surface area contributed by atoms with E-state index in [4.69, 9.17) is 20.8 Å². The van der Waals surface area contributed by atoms with Gasteiger partial charge in [-0.25, -0.2) is 0 Å². The van der Waals surface area contributed by atoms with Crippen molar-refractivity contribution in [3.8, 4) is 17.2 Å². The van der Waals surface area contributed by atoms with E-state index in [-0.39, 0.29) is 23.4 Å². The minimum Gasteiger partial charge on any atom is -0.493 e. The highest BCUT2D eigenvalue weighted by Gasteiger charge is 2.32. The molecule has 3 aromatic rings. The van der Waals surface area contributed by atoms with Crippen molar-refractivity contribution in [2.45, 2.75) is 45.4 Å². The summed E-state index contributed by atoms with van der Waals surface area (Å²) in [7, 11) is 1.71. The quantitative estimate of drug-likeness (QED) is 0.318. The number of carbonyl (C=O) groups is 2. The molecule has 4 rings (SSSR count). The third-order valence-electron chi connectivity index (χ3n) is 6.56. The number of hydrogen-bond acceptors (Lipinski definition) is 7. The van der Waals surface area contributed by atoms with Crippen LogP contribution in [0, 0.1) is 5.92 Å². The number of aromatic nitrogens is 2. The Hall–Kier alpha value is -3.85. The number of halogens is 1. The molecule has 2 atom stereocenters. The molecule has 1 saturated carbocycles. The summed E-state index contributed by atoms with van der Waals surface area (Å²) < 4.78 is 11.7. The Morgan fingerprint density at radius 3 is 2.66 bits per heavy atom. The smallest absolute Gasteiger partial charge is 0.273 e. The molecule has 1 aliphatic carbocycles. The summed E-state index contributed by atoms with van der Waals surface area (Å²) in [5, 5.41) is 17.7. The average Bonchev–Trinajstić information content (AvgIpc) is 3.43. The lowest BCUT2D eigenvalue weighted by molar-refractivity contribution is -0.126. The van der Waals surface area contributed by atoms with Gasteiger partial charge in [0, 0.05) is 35.3 Å². The Morgan fingerprint density at radius 1 is 1.13 bits per heavy atom. The lowest BCUT2D eigenvalue weighted by Crippen LogP contribution is -2.38. The maximum Gasteiger partial charge on any atom is 0.273 e. The van der Waals surface area contributed by atoms with Gasteiger partial charge in [0.15, 0.2) is 0 Å². The van der Waals surface area contributed by atoms with Crippen LogP contribution in [0.25, 0.3) is 11.5 Å². The van der Waals surface area contributed by atoms with Gasteiger partial charge in [0.1, 0.15) is 11.4 Å². The molecular weight excluding hydrogens is 506 g/mol. The van der Waals surface area contributed by atoms with E-state index < -0.39 is 5.91 Å². The largest absolute Gasteiger partial charge is 0.493 e. The molecule has 38 heavy (non-hydrogen) atoms. The van der Waals surface area contributed by atoms with Crippen LogP contribution in [-0.4, -0.2) is 35.7 Å². The van der Waals surface area contributed by atoms with Gasteiger partial charge in [0.05, 0.1) is 12.2 Å². The Kier molecular flexibility index (Phi) is 9.02. The van der Waals surface area contributed by atoms with Gasteiger partial charge in [-0.05, 0) is 63.4 Å². The zero-order valence-corrected chi connectivity index (χ0v) is 22.5. The van der Waals surface area contributed by atoms with Crippen molar-refractivity contribution in [3.05, 3.63) is 70.8 Å².